The van der Waals surface area contributed by atoms with Gasteiger partial charge in [-0.3, -0.25) is 4.79 Å². The Morgan fingerprint density at radius 3 is 2.44 bits per heavy atom. The molecule has 0 saturated carbocycles. The van der Waals surface area contributed by atoms with E-state index in [1.54, 1.807) is 54.7 Å². The van der Waals surface area contributed by atoms with Crippen molar-refractivity contribution < 1.29 is 9.32 Å². The predicted molar refractivity (Wildman–Crippen MR) is 126 cm³/mol. The SMILES string of the molecule is O=C(Cn1nc2c(-c3nc(-c4ccc(Cl)cc4)no3)cccn2c1=O)NCc1ccc(Cl)cc1. The molecule has 1 amide bonds. The van der Waals surface area contributed by atoms with E-state index in [0.717, 1.165) is 15.8 Å². The van der Waals surface area contributed by atoms with Crippen LogP contribution in [0.4, 0.5) is 0 Å². The lowest BCUT2D eigenvalue weighted by atomic mass is 10.2. The van der Waals surface area contributed by atoms with Crippen molar-refractivity contribution in [3.8, 4) is 22.8 Å². The van der Waals surface area contributed by atoms with Crippen molar-refractivity contribution in [1.82, 2.24) is 29.6 Å². The fourth-order valence-corrected chi connectivity index (χ4v) is 3.60. The van der Waals surface area contributed by atoms with Gasteiger partial charge in [0.15, 0.2) is 5.65 Å². The Labute approximate surface area is 202 Å². The van der Waals surface area contributed by atoms with E-state index in [1.807, 2.05) is 12.1 Å². The molecule has 3 heterocycles. The maximum Gasteiger partial charge on any atom is 0.350 e. The van der Waals surface area contributed by atoms with E-state index in [1.165, 1.54) is 4.40 Å². The molecule has 0 aliphatic rings. The Morgan fingerprint density at radius 2 is 1.71 bits per heavy atom. The molecule has 5 aromatic rings. The predicted octanol–water partition coefficient (Wildman–Crippen LogP) is 3.84. The van der Waals surface area contributed by atoms with E-state index >= 15 is 0 Å². The number of hydrogen-bond acceptors (Lipinski definition) is 6. The van der Waals surface area contributed by atoms with Gasteiger partial charge in [-0.25, -0.2) is 13.9 Å². The van der Waals surface area contributed by atoms with Gasteiger partial charge >= 0.3 is 5.69 Å². The van der Waals surface area contributed by atoms with Gasteiger partial charge in [-0.1, -0.05) is 40.5 Å². The molecule has 0 bridgehead atoms. The molecule has 34 heavy (non-hydrogen) atoms. The summed E-state index contributed by atoms with van der Waals surface area (Å²) >= 11 is 11.8. The highest BCUT2D eigenvalue weighted by Gasteiger charge is 2.18. The Bertz CT molecular complexity index is 1540. The smallest absolute Gasteiger partial charge is 0.350 e. The van der Waals surface area contributed by atoms with E-state index in [-0.39, 0.29) is 18.3 Å². The maximum atomic E-state index is 12.8. The zero-order valence-electron chi connectivity index (χ0n) is 17.5. The first kappa shape index (κ1) is 21.9. The molecule has 11 heteroatoms. The van der Waals surface area contributed by atoms with Crippen LogP contribution in [0, 0.1) is 0 Å². The van der Waals surface area contributed by atoms with Crippen LogP contribution in [-0.4, -0.2) is 30.2 Å². The summed E-state index contributed by atoms with van der Waals surface area (Å²) in [6.07, 6.45) is 1.56. The summed E-state index contributed by atoms with van der Waals surface area (Å²) in [6.45, 7) is 0.0617. The summed E-state index contributed by atoms with van der Waals surface area (Å²) in [5, 5.41) is 12.3. The molecule has 3 aromatic heterocycles. The summed E-state index contributed by atoms with van der Waals surface area (Å²) in [6, 6.07) is 17.5. The molecule has 2 aromatic carbocycles. The second-order valence-corrected chi connectivity index (χ2v) is 8.26. The van der Waals surface area contributed by atoms with Gasteiger partial charge in [0.1, 0.15) is 6.54 Å². The van der Waals surface area contributed by atoms with Crippen LogP contribution in [-0.2, 0) is 17.9 Å². The molecular formula is C23H16Cl2N6O3. The number of benzene rings is 2. The second-order valence-electron chi connectivity index (χ2n) is 7.39. The van der Waals surface area contributed by atoms with Crippen LogP contribution < -0.4 is 11.0 Å². The van der Waals surface area contributed by atoms with Gasteiger partial charge < -0.3 is 9.84 Å². The standard InChI is InChI=1S/C23H16Cl2N6O3/c24-16-7-3-14(4-8-16)12-26-19(32)13-31-23(33)30-11-1-2-18(21(30)28-31)22-27-20(29-34-22)15-5-9-17(25)10-6-15/h1-11H,12-13H2,(H,26,32). The number of nitrogens with one attached hydrogen (secondary N) is 1. The summed E-state index contributed by atoms with van der Waals surface area (Å²) in [7, 11) is 0. The highest BCUT2D eigenvalue weighted by Crippen LogP contribution is 2.25. The zero-order chi connectivity index (χ0) is 23.7. The van der Waals surface area contributed by atoms with Crippen molar-refractivity contribution >= 4 is 34.8 Å². The summed E-state index contributed by atoms with van der Waals surface area (Å²) in [4.78, 5) is 29.7. The number of carbonyl (C=O) groups excluding carboxylic acids is 1. The molecule has 0 saturated heterocycles. The third-order valence-corrected chi connectivity index (χ3v) is 5.57. The third-order valence-electron chi connectivity index (χ3n) is 5.06. The molecule has 0 aliphatic carbocycles. The fraction of sp³-hybridized carbons (Fsp3) is 0.0870. The average molecular weight is 495 g/mol. The third kappa shape index (κ3) is 4.43. The van der Waals surface area contributed by atoms with Crippen LogP contribution in [0.15, 0.2) is 76.2 Å². The summed E-state index contributed by atoms with van der Waals surface area (Å²) in [5.41, 5.74) is 1.91. The number of nitrogens with zero attached hydrogens (tertiary/aromatic N) is 5. The van der Waals surface area contributed by atoms with Gasteiger partial charge in [0.05, 0.1) is 5.56 Å². The summed E-state index contributed by atoms with van der Waals surface area (Å²) in [5.74, 6) is 0.210. The lowest BCUT2D eigenvalue weighted by Crippen LogP contribution is -2.32. The number of pyridine rings is 1. The molecule has 0 fully saturated rings. The zero-order valence-corrected chi connectivity index (χ0v) is 19.0. The Kier molecular flexibility index (Phi) is 5.87. The van der Waals surface area contributed by atoms with E-state index in [0.29, 0.717) is 33.6 Å². The van der Waals surface area contributed by atoms with E-state index in [2.05, 4.69) is 20.6 Å². The van der Waals surface area contributed by atoms with Crippen molar-refractivity contribution in [1.29, 1.82) is 0 Å². The largest absolute Gasteiger partial charge is 0.350 e. The highest BCUT2D eigenvalue weighted by atomic mass is 35.5. The highest BCUT2D eigenvalue weighted by molar-refractivity contribution is 6.30. The minimum Gasteiger partial charge on any atom is -0.350 e. The van der Waals surface area contributed by atoms with Crippen molar-refractivity contribution in [2.45, 2.75) is 13.1 Å². The number of aromatic nitrogens is 5. The topological polar surface area (TPSA) is 107 Å². The minimum atomic E-state index is -0.462. The van der Waals surface area contributed by atoms with Crippen LogP contribution >= 0.6 is 23.2 Å². The molecule has 0 aliphatic heterocycles. The average Bonchev–Trinajstić information content (AvgIpc) is 3.45. The number of amides is 1. The fourth-order valence-electron chi connectivity index (χ4n) is 3.35. The van der Waals surface area contributed by atoms with Crippen molar-refractivity contribution in [3.05, 3.63) is 93.0 Å². The van der Waals surface area contributed by atoms with Crippen molar-refractivity contribution in [2.24, 2.45) is 0 Å². The first-order valence-electron chi connectivity index (χ1n) is 10.2. The van der Waals surface area contributed by atoms with Gasteiger partial charge in [0.2, 0.25) is 11.7 Å². The first-order chi connectivity index (χ1) is 16.5. The molecule has 170 valence electrons. The number of carbonyl (C=O) groups is 1. The lowest BCUT2D eigenvalue weighted by molar-refractivity contribution is -0.122. The monoisotopic (exact) mass is 494 g/mol. The number of hydrogen-bond donors (Lipinski definition) is 1. The van der Waals surface area contributed by atoms with Crippen molar-refractivity contribution in [3.63, 3.8) is 0 Å². The number of rotatable bonds is 6. The van der Waals surface area contributed by atoms with Crippen LogP contribution in [0.25, 0.3) is 28.5 Å². The van der Waals surface area contributed by atoms with E-state index in [4.69, 9.17) is 27.7 Å². The second kappa shape index (κ2) is 9.12. The maximum absolute atomic E-state index is 12.8. The molecule has 0 radical (unpaired) electrons. The van der Waals surface area contributed by atoms with Gasteiger partial charge in [0, 0.05) is 28.4 Å². The van der Waals surface area contributed by atoms with Gasteiger partial charge in [-0.15, -0.1) is 5.10 Å². The molecule has 1 N–H and O–H groups in total. The quantitative estimate of drug-likeness (QED) is 0.384. The number of fused-ring (bicyclic) bond motifs is 1. The molecule has 0 spiro atoms. The van der Waals surface area contributed by atoms with Gasteiger partial charge in [-0.2, -0.15) is 4.98 Å². The van der Waals surface area contributed by atoms with E-state index < -0.39 is 5.69 Å². The molecular weight excluding hydrogens is 479 g/mol. The molecule has 0 unspecified atom stereocenters. The normalized spacial score (nSPS) is 11.1. The molecule has 9 nitrogen and oxygen atoms in total. The van der Waals surface area contributed by atoms with Crippen LogP contribution in [0.2, 0.25) is 10.0 Å². The van der Waals surface area contributed by atoms with Crippen molar-refractivity contribution in [2.75, 3.05) is 0 Å². The first-order valence-corrected chi connectivity index (χ1v) is 10.9. The van der Waals surface area contributed by atoms with Gasteiger partial charge in [-0.05, 0) is 54.1 Å². The van der Waals surface area contributed by atoms with Gasteiger partial charge in [0.25, 0.3) is 5.89 Å². The van der Waals surface area contributed by atoms with E-state index in [9.17, 15) is 9.59 Å². The number of halogens is 2. The van der Waals surface area contributed by atoms with Crippen LogP contribution in [0.5, 0.6) is 0 Å². The van der Waals surface area contributed by atoms with Crippen LogP contribution in [0.1, 0.15) is 5.56 Å². The molecule has 5 rings (SSSR count). The minimum absolute atomic E-state index is 0.194. The Hall–Kier alpha value is -3.95. The lowest BCUT2D eigenvalue weighted by Gasteiger charge is -2.05. The van der Waals surface area contributed by atoms with Crippen LogP contribution in [0.3, 0.4) is 0 Å². The summed E-state index contributed by atoms with van der Waals surface area (Å²) < 4.78 is 7.84. The molecule has 0 atom stereocenters. The Balaban J connectivity index is 1.38. The Morgan fingerprint density at radius 1 is 1.00 bits per heavy atom.